The monoisotopic (exact) mass is 488 g/mol. The molecule has 0 heterocycles. The van der Waals surface area contributed by atoms with E-state index in [4.69, 9.17) is 20.6 Å². The van der Waals surface area contributed by atoms with Gasteiger partial charge in [0.05, 0.1) is 13.2 Å². The molecule has 3 N–H and O–H groups in total. The predicted octanol–water partition coefficient (Wildman–Crippen LogP) is 9.57. The molecule has 0 atom stereocenters. The van der Waals surface area contributed by atoms with Gasteiger partial charge in [-0.1, -0.05) is 129 Å². The third-order valence-electron chi connectivity index (χ3n) is 6.72. The van der Waals surface area contributed by atoms with Crippen molar-refractivity contribution in [2.75, 3.05) is 13.2 Å². The van der Waals surface area contributed by atoms with E-state index in [1.54, 1.807) is 0 Å². The Morgan fingerprint density at radius 3 is 1.17 bits per heavy atom. The van der Waals surface area contributed by atoms with Crippen LogP contribution < -0.4 is 15.2 Å². The van der Waals surface area contributed by atoms with E-state index in [0.29, 0.717) is 18.8 Å². The Kier molecular flexibility index (Phi) is 20.3. The van der Waals surface area contributed by atoms with Crippen LogP contribution in [0.15, 0.2) is 18.2 Å². The molecule has 0 fully saturated rings. The number of ether oxygens (including phenoxy) is 2. The normalized spacial score (nSPS) is 11.0. The Hall–Kier alpha value is -1.71. The van der Waals surface area contributed by atoms with Gasteiger partial charge >= 0.3 is 0 Å². The number of rotatable bonds is 25. The van der Waals surface area contributed by atoms with Gasteiger partial charge in [-0.15, -0.1) is 0 Å². The van der Waals surface area contributed by atoms with Crippen LogP contribution in [0.2, 0.25) is 0 Å². The average Bonchev–Trinajstić information content (AvgIpc) is 2.85. The molecule has 0 aliphatic carbocycles. The first-order chi connectivity index (χ1) is 17.2. The smallest absolute Gasteiger partial charge is 0.123 e. The van der Waals surface area contributed by atoms with Crippen LogP contribution in [0.3, 0.4) is 0 Å². The van der Waals surface area contributed by atoms with E-state index < -0.39 is 0 Å². The van der Waals surface area contributed by atoms with Gasteiger partial charge < -0.3 is 15.2 Å². The number of nitrogen functional groups attached to an aromatic ring is 1. The molecule has 0 unspecified atom stereocenters. The molecule has 0 aromatic heterocycles. The zero-order chi connectivity index (χ0) is 25.4. The molecular formula is C31H56N2O2. The Morgan fingerprint density at radius 1 is 0.543 bits per heavy atom. The summed E-state index contributed by atoms with van der Waals surface area (Å²) in [5, 5.41) is 7.82. The van der Waals surface area contributed by atoms with Crippen molar-refractivity contribution < 1.29 is 9.47 Å². The summed E-state index contributed by atoms with van der Waals surface area (Å²) in [6, 6.07) is 5.65. The van der Waals surface area contributed by atoms with E-state index in [9.17, 15) is 0 Å². The molecule has 202 valence electrons. The van der Waals surface area contributed by atoms with Gasteiger partial charge in [-0.3, -0.25) is 5.41 Å². The van der Waals surface area contributed by atoms with E-state index >= 15 is 0 Å². The highest BCUT2D eigenvalue weighted by Gasteiger charge is 2.06. The van der Waals surface area contributed by atoms with Gasteiger partial charge in [0.2, 0.25) is 0 Å². The van der Waals surface area contributed by atoms with Gasteiger partial charge in [0.25, 0.3) is 0 Å². The third-order valence-corrected chi connectivity index (χ3v) is 6.72. The third kappa shape index (κ3) is 18.3. The van der Waals surface area contributed by atoms with Gasteiger partial charge in [0, 0.05) is 11.6 Å². The summed E-state index contributed by atoms with van der Waals surface area (Å²) in [6.45, 7) is 5.95. The second kappa shape index (κ2) is 22.7. The number of benzene rings is 1. The first-order valence-corrected chi connectivity index (χ1v) is 14.9. The summed E-state index contributed by atoms with van der Waals surface area (Å²) in [4.78, 5) is 0. The standard InChI is InChI=1S/C31H56N2O2/c1-3-5-7-9-11-13-15-17-19-21-23-34-29-25-28(31(32)33)26-30(27-29)35-24-22-20-18-16-14-12-10-8-6-4-2/h25-27H,3-24H2,1-2H3,(H3,32,33). The highest BCUT2D eigenvalue weighted by Crippen LogP contribution is 2.24. The quantitative estimate of drug-likeness (QED) is 0.0817. The summed E-state index contributed by atoms with van der Waals surface area (Å²) < 4.78 is 12.0. The van der Waals surface area contributed by atoms with Crippen LogP contribution in [0, 0.1) is 5.41 Å². The van der Waals surface area contributed by atoms with Gasteiger partial charge in [0.15, 0.2) is 0 Å². The van der Waals surface area contributed by atoms with Crippen molar-refractivity contribution in [2.45, 2.75) is 142 Å². The second-order valence-electron chi connectivity index (χ2n) is 10.2. The Morgan fingerprint density at radius 2 is 0.857 bits per heavy atom. The summed E-state index contributed by atoms with van der Waals surface area (Å²) in [5.41, 5.74) is 6.42. The predicted molar refractivity (Wildman–Crippen MR) is 152 cm³/mol. The molecule has 4 nitrogen and oxygen atoms in total. The minimum Gasteiger partial charge on any atom is -0.493 e. The summed E-state index contributed by atoms with van der Waals surface area (Å²) in [5.74, 6) is 1.57. The fourth-order valence-electron chi connectivity index (χ4n) is 4.45. The molecule has 0 aliphatic heterocycles. The zero-order valence-corrected chi connectivity index (χ0v) is 23.2. The molecule has 1 aromatic carbocycles. The molecule has 1 rings (SSSR count). The van der Waals surface area contributed by atoms with Crippen LogP contribution >= 0.6 is 0 Å². The topological polar surface area (TPSA) is 68.3 Å². The van der Waals surface area contributed by atoms with Crippen LogP contribution in [0.5, 0.6) is 11.5 Å². The minimum atomic E-state index is 0.0539. The largest absolute Gasteiger partial charge is 0.493 e. The van der Waals surface area contributed by atoms with E-state index in [-0.39, 0.29) is 5.84 Å². The fraction of sp³-hybridized carbons (Fsp3) is 0.774. The van der Waals surface area contributed by atoms with Crippen molar-refractivity contribution in [3.8, 4) is 11.5 Å². The molecule has 0 saturated heterocycles. The molecule has 0 spiro atoms. The Balaban J connectivity index is 2.18. The summed E-state index contributed by atoms with van der Waals surface area (Å²) in [7, 11) is 0. The van der Waals surface area contributed by atoms with Crippen molar-refractivity contribution in [1.29, 1.82) is 5.41 Å². The first kappa shape index (κ1) is 31.3. The number of nitrogens with one attached hydrogen (secondary N) is 1. The molecule has 35 heavy (non-hydrogen) atoms. The van der Waals surface area contributed by atoms with Crippen LogP contribution in [-0.4, -0.2) is 19.0 Å². The number of unbranched alkanes of at least 4 members (excludes halogenated alkanes) is 18. The van der Waals surface area contributed by atoms with E-state index in [1.165, 1.54) is 116 Å². The van der Waals surface area contributed by atoms with Gasteiger partial charge in [-0.05, 0) is 25.0 Å². The molecule has 0 saturated carbocycles. The molecule has 4 heteroatoms. The maximum absolute atomic E-state index is 7.82. The highest BCUT2D eigenvalue weighted by atomic mass is 16.5. The van der Waals surface area contributed by atoms with E-state index in [0.717, 1.165) is 24.3 Å². The number of amidine groups is 1. The molecule has 1 aromatic rings. The highest BCUT2D eigenvalue weighted by molar-refractivity contribution is 5.95. The van der Waals surface area contributed by atoms with Crippen molar-refractivity contribution >= 4 is 5.84 Å². The lowest BCUT2D eigenvalue weighted by Gasteiger charge is -2.12. The number of hydrogen-bond donors (Lipinski definition) is 2. The van der Waals surface area contributed by atoms with Crippen molar-refractivity contribution in [3.05, 3.63) is 23.8 Å². The number of nitrogens with two attached hydrogens (primary N) is 1. The lowest BCUT2D eigenvalue weighted by Crippen LogP contribution is -2.12. The van der Waals surface area contributed by atoms with Crippen LogP contribution in [0.4, 0.5) is 0 Å². The molecule has 0 radical (unpaired) electrons. The summed E-state index contributed by atoms with van der Waals surface area (Å²) >= 11 is 0. The maximum atomic E-state index is 7.82. The van der Waals surface area contributed by atoms with E-state index in [1.807, 2.05) is 18.2 Å². The SMILES string of the molecule is CCCCCCCCCCCCOc1cc(OCCCCCCCCCCCC)cc(C(=N)N)c1. The zero-order valence-electron chi connectivity index (χ0n) is 23.2. The first-order valence-electron chi connectivity index (χ1n) is 14.9. The van der Waals surface area contributed by atoms with Gasteiger partial charge in [-0.2, -0.15) is 0 Å². The van der Waals surface area contributed by atoms with Crippen molar-refractivity contribution in [2.24, 2.45) is 5.73 Å². The van der Waals surface area contributed by atoms with Crippen LogP contribution in [0.1, 0.15) is 148 Å². The van der Waals surface area contributed by atoms with Crippen LogP contribution in [-0.2, 0) is 0 Å². The number of hydrogen-bond acceptors (Lipinski definition) is 3. The molecular weight excluding hydrogens is 432 g/mol. The van der Waals surface area contributed by atoms with Crippen molar-refractivity contribution in [3.63, 3.8) is 0 Å². The minimum absolute atomic E-state index is 0.0539. The lowest BCUT2D eigenvalue weighted by molar-refractivity contribution is 0.289. The second-order valence-corrected chi connectivity index (χ2v) is 10.2. The summed E-state index contributed by atoms with van der Waals surface area (Å²) in [6.07, 6.45) is 26.3. The lowest BCUT2D eigenvalue weighted by atomic mass is 10.1. The van der Waals surface area contributed by atoms with Gasteiger partial charge in [-0.25, -0.2) is 0 Å². The average molecular weight is 489 g/mol. The van der Waals surface area contributed by atoms with Crippen LogP contribution in [0.25, 0.3) is 0 Å². The molecule has 0 bridgehead atoms. The van der Waals surface area contributed by atoms with E-state index in [2.05, 4.69) is 13.8 Å². The molecule has 0 amide bonds. The Labute approximate surface area is 217 Å². The fourth-order valence-corrected chi connectivity index (χ4v) is 4.45. The van der Waals surface area contributed by atoms with Crippen molar-refractivity contribution in [1.82, 2.24) is 0 Å². The maximum Gasteiger partial charge on any atom is 0.123 e. The Bertz CT molecular complexity index is 588. The van der Waals surface area contributed by atoms with Gasteiger partial charge in [0.1, 0.15) is 17.3 Å². The molecule has 0 aliphatic rings.